The van der Waals surface area contributed by atoms with Gasteiger partial charge in [-0.05, 0) is 54.0 Å². The summed E-state index contributed by atoms with van der Waals surface area (Å²) in [6.45, 7) is 9.36. The molecular weight excluding hydrogens is 162 g/mol. The van der Waals surface area contributed by atoms with Crippen LogP contribution in [0.2, 0.25) is 0 Å². The molecule has 1 saturated heterocycles. The number of hydrogen-bond acceptors (Lipinski definition) is 3. The van der Waals surface area contributed by atoms with Crippen molar-refractivity contribution in [3.63, 3.8) is 0 Å². The molecule has 1 heterocycles. The third-order valence-electron chi connectivity index (χ3n) is 3.39. The average Bonchev–Trinajstić information content (AvgIpc) is 2.04. The van der Waals surface area contributed by atoms with E-state index < -0.39 is 0 Å². The minimum absolute atomic E-state index is 0.405. The van der Waals surface area contributed by atoms with Crippen molar-refractivity contribution in [2.75, 3.05) is 7.05 Å². The summed E-state index contributed by atoms with van der Waals surface area (Å²) in [5.41, 5.74) is 0.809. The summed E-state index contributed by atoms with van der Waals surface area (Å²) in [5.74, 6) is 0. The summed E-state index contributed by atoms with van der Waals surface area (Å²) >= 11 is 0. The van der Waals surface area contributed by atoms with Crippen LogP contribution >= 0.6 is 0 Å². The molecule has 76 valence electrons. The van der Waals surface area contributed by atoms with Gasteiger partial charge in [0.15, 0.2) is 0 Å². The molecule has 3 heteroatoms. The fourth-order valence-electron chi connectivity index (χ4n) is 2.11. The molecular formula is C10H21N3. The van der Waals surface area contributed by atoms with E-state index in [9.17, 15) is 0 Å². The number of nitrogens with zero attached hydrogens (tertiary/aromatic N) is 3. The Bertz CT molecular complexity index is 166. The van der Waals surface area contributed by atoms with Gasteiger partial charge in [-0.2, -0.15) is 0 Å². The maximum absolute atomic E-state index is 6.00. The first-order valence-corrected chi connectivity index (χ1v) is 4.80. The fourth-order valence-corrected chi connectivity index (χ4v) is 2.11. The van der Waals surface area contributed by atoms with Crippen LogP contribution in [0.25, 0.3) is 0 Å². The van der Waals surface area contributed by atoms with Gasteiger partial charge in [0.05, 0.1) is 0 Å². The van der Waals surface area contributed by atoms with E-state index in [-0.39, 0.29) is 0 Å². The van der Waals surface area contributed by atoms with Crippen LogP contribution in [0.1, 0.15) is 47.0 Å². The molecule has 0 saturated carbocycles. The van der Waals surface area contributed by atoms with Gasteiger partial charge < -0.3 is 0 Å². The molecule has 0 radical (unpaired) electrons. The van der Waals surface area contributed by atoms with Crippen LogP contribution in [-0.4, -0.2) is 23.0 Å². The molecule has 0 aromatic rings. The molecule has 0 amide bonds. The van der Waals surface area contributed by atoms with E-state index in [1.54, 1.807) is 0 Å². The van der Waals surface area contributed by atoms with E-state index in [0.29, 0.717) is 11.1 Å². The Morgan fingerprint density at radius 1 is 0.923 bits per heavy atom. The standard InChI is InChI=1S/C10H21N.N2/c1-9(2)7-6-8-10(3,4)11(9)5;1-2/h6-8H2,1-5H3;. The number of piperidine rings is 1. The molecule has 1 aliphatic rings. The first-order valence-electron chi connectivity index (χ1n) is 4.80. The highest BCUT2D eigenvalue weighted by atomic mass is 15.2. The van der Waals surface area contributed by atoms with Crippen LogP contribution in [0.15, 0.2) is 0 Å². The molecule has 0 atom stereocenters. The van der Waals surface area contributed by atoms with Crippen molar-refractivity contribution in [1.82, 2.24) is 4.90 Å². The second kappa shape index (κ2) is 4.06. The van der Waals surface area contributed by atoms with Gasteiger partial charge in [-0.3, -0.25) is 4.90 Å². The first kappa shape index (κ1) is 12.4. The monoisotopic (exact) mass is 183 g/mol. The number of hydrogen-bond donors (Lipinski definition) is 0. The quantitative estimate of drug-likeness (QED) is 0.542. The lowest BCUT2D eigenvalue weighted by Gasteiger charge is -2.50. The molecule has 0 aromatic carbocycles. The minimum Gasteiger partial charge on any atom is -0.296 e. The molecule has 0 spiro atoms. The van der Waals surface area contributed by atoms with Crippen molar-refractivity contribution < 1.29 is 0 Å². The third kappa shape index (κ3) is 2.67. The van der Waals surface area contributed by atoms with Crippen molar-refractivity contribution in [2.24, 2.45) is 0 Å². The number of rotatable bonds is 0. The van der Waals surface area contributed by atoms with Crippen LogP contribution in [0.5, 0.6) is 0 Å². The van der Waals surface area contributed by atoms with Crippen molar-refractivity contribution in [3.8, 4) is 0 Å². The predicted molar refractivity (Wildman–Crippen MR) is 53.2 cm³/mol. The normalized spacial score (nSPS) is 25.8. The van der Waals surface area contributed by atoms with Crippen LogP contribution < -0.4 is 0 Å². The second-order valence-corrected chi connectivity index (χ2v) is 5.04. The Morgan fingerprint density at radius 2 is 1.23 bits per heavy atom. The highest BCUT2D eigenvalue weighted by Gasteiger charge is 2.37. The van der Waals surface area contributed by atoms with Gasteiger partial charge in [-0.25, -0.2) is 0 Å². The number of likely N-dealkylation sites (tertiary alicyclic amines) is 1. The van der Waals surface area contributed by atoms with E-state index >= 15 is 0 Å². The van der Waals surface area contributed by atoms with Gasteiger partial charge in [0, 0.05) is 21.9 Å². The van der Waals surface area contributed by atoms with Crippen molar-refractivity contribution in [3.05, 3.63) is 0 Å². The van der Waals surface area contributed by atoms with Gasteiger partial charge in [-0.15, -0.1) is 0 Å². The summed E-state index contributed by atoms with van der Waals surface area (Å²) in [6.07, 6.45) is 4.06. The second-order valence-electron chi connectivity index (χ2n) is 5.04. The summed E-state index contributed by atoms with van der Waals surface area (Å²) in [5, 5.41) is 12.0. The smallest absolute Gasteiger partial charge is 0.0155 e. The Labute approximate surface area is 81.5 Å². The zero-order valence-electron chi connectivity index (χ0n) is 9.46. The lowest BCUT2D eigenvalue weighted by Crippen LogP contribution is -2.56. The Hall–Kier alpha value is -0.620. The van der Waals surface area contributed by atoms with Crippen molar-refractivity contribution in [1.29, 1.82) is 10.8 Å². The van der Waals surface area contributed by atoms with Gasteiger partial charge in [0.1, 0.15) is 0 Å². The maximum Gasteiger partial charge on any atom is 0.0155 e. The third-order valence-corrected chi connectivity index (χ3v) is 3.39. The lowest BCUT2D eigenvalue weighted by molar-refractivity contribution is -0.00199. The van der Waals surface area contributed by atoms with E-state index in [1.165, 1.54) is 19.3 Å². The van der Waals surface area contributed by atoms with E-state index in [1.807, 2.05) is 0 Å². The zero-order valence-corrected chi connectivity index (χ0v) is 9.46. The maximum atomic E-state index is 6.00. The molecule has 0 aromatic heterocycles. The summed E-state index contributed by atoms with van der Waals surface area (Å²) in [7, 11) is 2.25. The molecule has 0 N–H and O–H groups in total. The zero-order chi connectivity index (χ0) is 10.7. The summed E-state index contributed by atoms with van der Waals surface area (Å²) in [6, 6.07) is 0. The molecule has 1 rings (SSSR count). The summed E-state index contributed by atoms with van der Waals surface area (Å²) < 4.78 is 0. The van der Waals surface area contributed by atoms with E-state index in [4.69, 9.17) is 10.8 Å². The molecule has 0 unspecified atom stereocenters. The lowest BCUT2D eigenvalue weighted by atomic mass is 9.80. The molecule has 0 bridgehead atoms. The van der Waals surface area contributed by atoms with Crippen LogP contribution in [-0.2, 0) is 0 Å². The average molecular weight is 183 g/mol. The van der Waals surface area contributed by atoms with E-state index in [0.717, 1.165) is 0 Å². The molecule has 1 fully saturated rings. The van der Waals surface area contributed by atoms with E-state index in [2.05, 4.69) is 39.6 Å². The predicted octanol–water partition coefficient (Wildman–Crippen LogP) is 2.69. The SMILES string of the molecule is CN1C(C)(C)CCCC1(C)C.N#N. The Kier molecular flexibility index (Phi) is 3.87. The van der Waals surface area contributed by atoms with Crippen molar-refractivity contribution in [2.45, 2.75) is 58.0 Å². The van der Waals surface area contributed by atoms with Gasteiger partial charge >= 0.3 is 0 Å². The largest absolute Gasteiger partial charge is 0.296 e. The topological polar surface area (TPSA) is 50.8 Å². The molecule has 13 heavy (non-hydrogen) atoms. The fraction of sp³-hybridized carbons (Fsp3) is 1.00. The summed E-state index contributed by atoms with van der Waals surface area (Å²) in [4.78, 5) is 2.52. The van der Waals surface area contributed by atoms with Gasteiger partial charge in [-0.1, -0.05) is 0 Å². The van der Waals surface area contributed by atoms with Crippen LogP contribution in [0, 0.1) is 10.8 Å². The van der Waals surface area contributed by atoms with Gasteiger partial charge in [0.2, 0.25) is 0 Å². The van der Waals surface area contributed by atoms with Crippen LogP contribution in [0.4, 0.5) is 0 Å². The van der Waals surface area contributed by atoms with Crippen molar-refractivity contribution >= 4 is 0 Å². The van der Waals surface area contributed by atoms with Crippen LogP contribution in [0.3, 0.4) is 0 Å². The highest BCUT2D eigenvalue weighted by molar-refractivity contribution is 4.94. The molecule has 1 aliphatic heterocycles. The molecule has 0 aliphatic carbocycles. The van der Waals surface area contributed by atoms with Gasteiger partial charge in [0.25, 0.3) is 0 Å². The minimum atomic E-state index is 0.405. The Balaban J connectivity index is 0.000000671. The highest BCUT2D eigenvalue weighted by Crippen LogP contribution is 2.36. The molecule has 3 nitrogen and oxygen atoms in total. The first-order chi connectivity index (χ1) is 5.86. The Morgan fingerprint density at radius 3 is 1.46 bits per heavy atom.